The second kappa shape index (κ2) is 9.65. The lowest BCUT2D eigenvalue weighted by Gasteiger charge is -2.28. The van der Waals surface area contributed by atoms with E-state index in [1.165, 1.54) is 0 Å². The van der Waals surface area contributed by atoms with Gasteiger partial charge in [-0.3, -0.25) is 9.59 Å². The van der Waals surface area contributed by atoms with E-state index in [2.05, 4.69) is 15.6 Å². The van der Waals surface area contributed by atoms with Crippen LogP contribution in [0.5, 0.6) is 0 Å². The Balaban J connectivity index is 1.11. The van der Waals surface area contributed by atoms with Crippen LogP contribution < -0.4 is 10.6 Å². The predicted molar refractivity (Wildman–Crippen MR) is 133 cm³/mol. The predicted octanol–water partition coefficient (Wildman–Crippen LogP) is 5.89. The third-order valence-corrected chi connectivity index (χ3v) is 6.75. The molecule has 2 amide bonds. The van der Waals surface area contributed by atoms with Crippen molar-refractivity contribution in [3.63, 3.8) is 0 Å². The van der Waals surface area contributed by atoms with Crippen molar-refractivity contribution in [2.24, 2.45) is 5.92 Å². The fourth-order valence-corrected chi connectivity index (χ4v) is 4.82. The summed E-state index contributed by atoms with van der Waals surface area (Å²) in [4.78, 5) is 29.8. The Morgan fingerprint density at radius 3 is 2.44 bits per heavy atom. The van der Waals surface area contributed by atoms with Crippen LogP contribution in [0.2, 0.25) is 10.0 Å². The molecule has 174 valence electrons. The maximum atomic E-state index is 12.7. The van der Waals surface area contributed by atoms with Crippen molar-refractivity contribution in [3.8, 4) is 0 Å². The number of rotatable bonds is 5. The highest BCUT2D eigenvalue weighted by molar-refractivity contribution is 6.31. The van der Waals surface area contributed by atoms with Crippen LogP contribution >= 0.6 is 23.2 Å². The highest BCUT2D eigenvalue weighted by Gasteiger charge is 2.27. The molecule has 1 fully saturated rings. The van der Waals surface area contributed by atoms with Crippen LogP contribution in [0.4, 0.5) is 0 Å². The Labute approximate surface area is 206 Å². The summed E-state index contributed by atoms with van der Waals surface area (Å²) in [5.74, 6) is 0.431. The van der Waals surface area contributed by atoms with Gasteiger partial charge in [0.15, 0.2) is 0 Å². The molecule has 2 N–H and O–H groups in total. The van der Waals surface area contributed by atoms with Gasteiger partial charge in [0.05, 0.1) is 12.1 Å². The van der Waals surface area contributed by atoms with Gasteiger partial charge in [-0.05, 0) is 74.2 Å². The lowest BCUT2D eigenvalue weighted by atomic mass is 9.85. The zero-order valence-corrected chi connectivity index (χ0v) is 19.8. The number of halogens is 2. The summed E-state index contributed by atoms with van der Waals surface area (Å²) in [5.41, 5.74) is 1.85. The molecule has 2 aromatic carbocycles. The lowest BCUT2D eigenvalue weighted by molar-refractivity contribution is -0.126. The first-order chi connectivity index (χ1) is 16.4. The summed E-state index contributed by atoms with van der Waals surface area (Å²) >= 11 is 12.0. The maximum Gasteiger partial charge on any atom is 0.270 e. The SMILES string of the molecule is O=C(N[C@H]1CC[C@H](C(=O)NCc2cc3cc(Cl)ccc3o2)CC1)c1ccc2cc(Cl)ccc2n1. The van der Waals surface area contributed by atoms with Gasteiger partial charge >= 0.3 is 0 Å². The number of amides is 2. The smallest absolute Gasteiger partial charge is 0.270 e. The molecule has 1 saturated carbocycles. The topological polar surface area (TPSA) is 84.2 Å². The van der Waals surface area contributed by atoms with Crippen molar-refractivity contribution < 1.29 is 14.0 Å². The first kappa shape index (κ1) is 22.7. The minimum Gasteiger partial charge on any atom is -0.459 e. The third-order valence-electron chi connectivity index (χ3n) is 6.28. The number of hydrogen-bond donors (Lipinski definition) is 2. The number of pyridine rings is 1. The first-order valence-corrected chi connectivity index (χ1v) is 12.0. The molecule has 6 nitrogen and oxygen atoms in total. The fraction of sp³-hybridized carbons (Fsp3) is 0.269. The molecule has 0 radical (unpaired) electrons. The molecule has 0 atom stereocenters. The van der Waals surface area contributed by atoms with Crippen molar-refractivity contribution in [3.05, 3.63) is 76.1 Å². The van der Waals surface area contributed by atoms with Crippen LogP contribution in [-0.2, 0) is 11.3 Å². The first-order valence-electron chi connectivity index (χ1n) is 11.3. The number of benzene rings is 2. The minimum absolute atomic E-state index is 0.0121. The number of carbonyl (C=O) groups excluding carboxylic acids is 2. The number of nitrogens with one attached hydrogen (secondary N) is 2. The molecule has 8 heteroatoms. The summed E-state index contributed by atoms with van der Waals surface area (Å²) in [6, 6.07) is 16.3. The van der Waals surface area contributed by atoms with Gasteiger partial charge < -0.3 is 15.1 Å². The Morgan fingerprint density at radius 2 is 1.65 bits per heavy atom. The number of furan rings is 1. The number of hydrogen-bond acceptors (Lipinski definition) is 4. The molecule has 1 aliphatic rings. The molecule has 2 aromatic heterocycles. The van der Waals surface area contributed by atoms with E-state index in [4.69, 9.17) is 27.6 Å². The molecule has 0 spiro atoms. The Hall–Kier alpha value is -3.09. The second-order valence-corrected chi connectivity index (χ2v) is 9.54. The van der Waals surface area contributed by atoms with Crippen LogP contribution in [-0.4, -0.2) is 22.8 Å². The van der Waals surface area contributed by atoms with Gasteiger partial charge in [-0.15, -0.1) is 0 Å². The van der Waals surface area contributed by atoms with Gasteiger partial charge in [0.1, 0.15) is 17.0 Å². The second-order valence-electron chi connectivity index (χ2n) is 8.67. The van der Waals surface area contributed by atoms with Crippen molar-refractivity contribution in [2.75, 3.05) is 0 Å². The van der Waals surface area contributed by atoms with Crippen molar-refractivity contribution in [1.29, 1.82) is 0 Å². The lowest BCUT2D eigenvalue weighted by Crippen LogP contribution is -2.41. The minimum atomic E-state index is -0.199. The molecule has 0 aliphatic heterocycles. The van der Waals surface area contributed by atoms with Crippen LogP contribution in [0, 0.1) is 5.92 Å². The van der Waals surface area contributed by atoms with Gasteiger partial charge in [-0.1, -0.05) is 29.3 Å². The van der Waals surface area contributed by atoms with E-state index < -0.39 is 0 Å². The van der Waals surface area contributed by atoms with Crippen molar-refractivity contribution in [2.45, 2.75) is 38.3 Å². The molecule has 2 heterocycles. The Kier molecular flexibility index (Phi) is 6.44. The molecule has 0 saturated heterocycles. The summed E-state index contributed by atoms with van der Waals surface area (Å²) in [6.07, 6.45) is 2.93. The van der Waals surface area contributed by atoms with Gasteiger partial charge in [0.25, 0.3) is 5.91 Å². The average Bonchev–Trinajstić information content (AvgIpc) is 3.24. The van der Waals surface area contributed by atoms with Crippen molar-refractivity contribution in [1.82, 2.24) is 15.6 Å². The van der Waals surface area contributed by atoms with Crippen LogP contribution in [0.25, 0.3) is 21.9 Å². The van der Waals surface area contributed by atoms with Gasteiger partial charge in [0.2, 0.25) is 5.91 Å². The zero-order chi connectivity index (χ0) is 23.7. The largest absolute Gasteiger partial charge is 0.459 e. The monoisotopic (exact) mass is 495 g/mol. The number of aromatic nitrogens is 1. The highest BCUT2D eigenvalue weighted by atomic mass is 35.5. The third kappa shape index (κ3) is 5.03. The molecule has 1 aliphatic carbocycles. The van der Waals surface area contributed by atoms with Crippen molar-refractivity contribution >= 4 is 56.9 Å². The molecular weight excluding hydrogens is 473 g/mol. The number of carbonyl (C=O) groups is 2. The standard InChI is InChI=1S/C26H23Cl2N3O3/c27-18-4-9-22-16(11-18)3-8-23(31-22)26(33)30-20-6-1-15(2-7-20)25(32)29-14-21-13-17-12-19(28)5-10-24(17)34-21/h3-5,8-13,15,20H,1-2,6-7,14H2,(H,29,32)(H,30,33)/t15-,20-. The van der Waals surface area contributed by atoms with Gasteiger partial charge in [-0.2, -0.15) is 0 Å². The average molecular weight is 496 g/mol. The van der Waals surface area contributed by atoms with Gasteiger partial charge in [0, 0.05) is 32.8 Å². The van der Waals surface area contributed by atoms with E-state index >= 15 is 0 Å². The quantitative estimate of drug-likeness (QED) is 0.361. The molecule has 5 rings (SSSR count). The van der Waals surface area contributed by atoms with Crippen LogP contribution in [0.15, 0.2) is 59.0 Å². The maximum absolute atomic E-state index is 12.7. The van der Waals surface area contributed by atoms with Gasteiger partial charge in [-0.25, -0.2) is 4.98 Å². The molecule has 34 heavy (non-hydrogen) atoms. The number of nitrogens with zero attached hydrogens (tertiary/aromatic N) is 1. The molecule has 0 unspecified atom stereocenters. The summed E-state index contributed by atoms with van der Waals surface area (Å²) in [7, 11) is 0. The zero-order valence-electron chi connectivity index (χ0n) is 18.3. The van der Waals surface area contributed by atoms with Crippen LogP contribution in [0.3, 0.4) is 0 Å². The van der Waals surface area contributed by atoms with E-state index in [0.717, 1.165) is 47.6 Å². The highest BCUT2D eigenvalue weighted by Crippen LogP contribution is 2.26. The Morgan fingerprint density at radius 1 is 0.912 bits per heavy atom. The van der Waals surface area contributed by atoms with E-state index in [1.807, 2.05) is 30.3 Å². The van der Waals surface area contributed by atoms with E-state index in [1.54, 1.807) is 24.3 Å². The summed E-state index contributed by atoms with van der Waals surface area (Å²) < 4.78 is 5.76. The molecular formula is C26H23Cl2N3O3. The summed E-state index contributed by atoms with van der Waals surface area (Å²) in [6.45, 7) is 0.334. The Bertz CT molecular complexity index is 1380. The molecule has 0 bridgehead atoms. The summed E-state index contributed by atoms with van der Waals surface area (Å²) in [5, 5.41) is 9.12. The van der Waals surface area contributed by atoms with E-state index in [-0.39, 0.29) is 23.8 Å². The van der Waals surface area contributed by atoms with E-state index in [9.17, 15) is 9.59 Å². The molecule has 4 aromatic rings. The normalized spacial score (nSPS) is 18.2. The fourth-order valence-electron chi connectivity index (χ4n) is 4.46. The van der Waals surface area contributed by atoms with E-state index in [0.29, 0.717) is 28.0 Å². The van der Waals surface area contributed by atoms with Crippen LogP contribution in [0.1, 0.15) is 41.9 Å². The number of fused-ring (bicyclic) bond motifs is 2.